The number of benzene rings is 2. The zero-order valence-electron chi connectivity index (χ0n) is 12.1. The van der Waals surface area contributed by atoms with E-state index in [0.717, 1.165) is 16.8 Å². The molecule has 110 valence electrons. The predicted molar refractivity (Wildman–Crippen MR) is 82.5 cm³/mol. The summed E-state index contributed by atoms with van der Waals surface area (Å²) < 4.78 is 5.25. The maximum absolute atomic E-state index is 10.9. The first-order valence-corrected chi connectivity index (χ1v) is 6.67. The highest BCUT2D eigenvalue weighted by atomic mass is 16.6. The number of non-ortho nitro benzene ring substituents is 1. The van der Waals surface area contributed by atoms with Crippen molar-refractivity contribution in [3.63, 3.8) is 0 Å². The third-order valence-corrected chi connectivity index (χ3v) is 3.30. The van der Waals surface area contributed by atoms with Gasteiger partial charge in [0, 0.05) is 24.9 Å². The zero-order valence-corrected chi connectivity index (χ0v) is 12.1. The molecule has 0 aliphatic carbocycles. The Balaban J connectivity index is 2.28. The predicted octanol–water partition coefficient (Wildman–Crippen LogP) is 3.70. The van der Waals surface area contributed by atoms with E-state index in [1.807, 2.05) is 37.3 Å². The van der Waals surface area contributed by atoms with Crippen molar-refractivity contribution < 1.29 is 9.66 Å². The fourth-order valence-electron chi connectivity index (χ4n) is 2.14. The summed E-state index contributed by atoms with van der Waals surface area (Å²) in [5.41, 5.74) is 2.85. The molecule has 2 rings (SSSR count). The van der Waals surface area contributed by atoms with Crippen LogP contribution in [0.15, 0.2) is 48.5 Å². The summed E-state index contributed by atoms with van der Waals surface area (Å²) in [6, 6.07) is 14.6. The second-order valence-electron chi connectivity index (χ2n) is 4.82. The first kappa shape index (κ1) is 15.0. The minimum atomic E-state index is -0.390. The topological polar surface area (TPSA) is 64.4 Å². The number of nitro groups is 1. The lowest BCUT2D eigenvalue weighted by Crippen LogP contribution is -2.16. The van der Waals surface area contributed by atoms with Gasteiger partial charge in [0.25, 0.3) is 5.69 Å². The maximum atomic E-state index is 10.9. The number of methoxy groups -OCH3 is 1. The Hall–Kier alpha value is -2.40. The number of ether oxygens (including phenoxy) is 1. The van der Waals surface area contributed by atoms with Crippen LogP contribution in [0.1, 0.15) is 17.2 Å². The molecule has 0 aliphatic heterocycles. The van der Waals surface area contributed by atoms with E-state index in [9.17, 15) is 10.1 Å². The van der Waals surface area contributed by atoms with Crippen LogP contribution < -0.4 is 5.32 Å². The first-order chi connectivity index (χ1) is 10.1. The van der Waals surface area contributed by atoms with Crippen LogP contribution in [0.25, 0.3) is 0 Å². The standard InChI is InChI=1S/C16H18N2O3/c1-12-8-9-14(18(19)20)10-15(12)17-16(11-21-2)13-6-4-3-5-7-13/h3-10,16-17H,11H2,1-2H3. The van der Waals surface area contributed by atoms with E-state index in [1.54, 1.807) is 19.2 Å². The number of nitrogens with zero attached hydrogens (tertiary/aromatic N) is 1. The Morgan fingerprint density at radius 2 is 1.95 bits per heavy atom. The SMILES string of the molecule is COCC(Nc1cc([N+](=O)[O-])ccc1C)c1ccccc1. The average molecular weight is 286 g/mol. The molecule has 0 saturated heterocycles. The molecule has 0 aliphatic rings. The smallest absolute Gasteiger partial charge is 0.271 e. The number of nitro benzene ring substituents is 1. The fourth-order valence-corrected chi connectivity index (χ4v) is 2.14. The average Bonchev–Trinajstić information content (AvgIpc) is 2.49. The molecular weight excluding hydrogens is 268 g/mol. The van der Waals surface area contributed by atoms with Crippen LogP contribution in [0, 0.1) is 17.0 Å². The Kier molecular flexibility index (Phi) is 4.90. The van der Waals surface area contributed by atoms with Crippen LogP contribution >= 0.6 is 0 Å². The molecule has 2 aromatic rings. The molecule has 5 nitrogen and oxygen atoms in total. The molecule has 1 atom stereocenters. The van der Waals surface area contributed by atoms with Crippen LogP contribution in [0.4, 0.5) is 11.4 Å². The summed E-state index contributed by atoms with van der Waals surface area (Å²) in [6.07, 6.45) is 0. The quantitative estimate of drug-likeness (QED) is 0.649. The van der Waals surface area contributed by atoms with Crippen molar-refractivity contribution in [3.05, 3.63) is 69.8 Å². The molecule has 0 heterocycles. The second-order valence-corrected chi connectivity index (χ2v) is 4.82. The Morgan fingerprint density at radius 1 is 1.24 bits per heavy atom. The maximum Gasteiger partial charge on any atom is 0.271 e. The molecule has 0 spiro atoms. The Bertz CT molecular complexity index is 614. The highest BCUT2D eigenvalue weighted by Gasteiger charge is 2.14. The van der Waals surface area contributed by atoms with Crippen LogP contribution in [0.2, 0.25) is 0 Å². The normalized spacial score (nSPS) is 11.9. The van der Waals surface area contributed by atoms with Crippen molar-refractivity contribution in [3.8, 4) is 0 Å². The summed E-state index contributed by atoms with van der Waals surface area (Å²) >= 11 is 0. The van der Waals surface area contributed by atoms with Crippen LogP contribution in [0.5, 0.6) is 0 Å². The number of anilines is 1. The van der Waals surface area contributed by atoms with Crippen molar-refractivity contribution in [1.29, 1.82) is 0 Å². The van der Waals surface area contributed by atoms with Gasteiger partial charge in [-0.15, -0.1) is 0 Å². The van der Waals surface area contributed by atoms with Crippen molar-refractivity contribution in [1.82, 2.24) is 0 Å². The fraction of sp³-hybridized carbons (Fsp3) is 0.250. The summed E-state index contributed by atoms with van der Waals surface area (Å²) in [5, 5.41) is 14.2. The number of hydrogen-bond acceptors (Lipinski definition) is 4. The molecule has 5 heteroatoms. The molecule has 2 aromatic carbocycles. The molecule has 0 radical (unpaired) electrons. The molecule has 21 heavy (non-hydrogen) atoms. The lowest BCUT2D eigenvalue weighted by atomic mass is 10.1. The van der Waals surface area contributed by atoms with Gasteiger partial charge in [0.05, 0.1) is 17.6 Å². The second kappa shape index (κ2) is 6.85. The molecular formula is C16H18N2O3. The highest BCUT2D eigenvalue weighted by Crippen LogP contribution is 2.26. The zero-order chi connectivity index (χ0) is 15.2. The van der Waals surface area contributed by atoms with Gasteiger partial charge in [-0.3, -0.25) is 10.1 Å². The molecule has 0 saturated carbocycles. The van der Waals surface area contributed by atoms with Gasteiger partial charge in [-0.05, 0) is 18.1 Å². The summed E-state index contributed by atoms with van der Waals surface area (Å²) in [5.74, 6) is 0. The van der Waals surface area contributed by atoms with E-state index in [0.29, 0.717) is 6.61 Å². The number of aryl methyl sites for hydroxylation is 1. The Morgan fingerprint density at radius 3 is 2.57 bits per heavy atom. The van der Waals surface area contributed by atoms with Crippen molar-refractivity contribution in [2.24, 2.45) is 0 Å². The highest BCUT2D eigenvalue weighted by molar-refractivity contribution is 5.58. The lowest BCUT2D eigenvalue weighted by molar-refractivity contribution is -0.384. The largest absolute Gasteiger partial charge is 0.382 e. The first-order valence-electron chi connectivity index (χ1n) is 6.67. The number of hydrogen-bond donors (Lipinski definition) is 1. The minimum Gasteiger partial charge on any atom is -0.382 e. The van der Waals surface area contributed by atoms with Gasteiger partial charge in [0.1, 0.15) is 0 Å². The van der Waals surface area contributed by atoms with E-state index < -0.39 is 4.92 Å². The van der Waals surface area contributed by atoms with Gasteiger partial charge < -0.3 is 10.1 Å². The number of rotatable bonds is 6. The van der Waals surface area contributed by atoms with Gasteiger partial charge in [-0.2, -0.15) is 0 Å². The molecule has 1 unspecified atom stereocenters. The van der Waals surface area contributed by atoms with Crippen molar-refractivity contribution >= 4 is 11.4 Å². The third kappa shape index (κ3) is 3.79. The third-order valence-electron chi connectivity index (χ3n) is 3.30. The van der Waals surface area contributed by atoms with Crippen molar-refractivity contribution in [2.45, 2.75) is 13.0 Å². The molecule has 0 aromatic heterocycles. The van der Waals surface area contributed by atoms with E-state index in [2.05, 4.69) is 5.32 Å². The van der Waals surface area contributed by atoms with Gasteiger partial charge >= 0.3 is 0 Å². The van der Waals surface area contributed by atoms with E-state index in [-0.39, 0.29) is 11.7 Å². The molecule has 0 fully saturated rings. The summed E-state index contributed by atoms with van der Waals surface area (Å²) in [4.78, 5) is 10.5. The van der Waals surface area contributed by atoms with E-state index in [4.69, 9.17) is 4.74 Å². The Labute approximate surface area is 123 Å². The minimum absolute atomic E-state index is 0.0584. The van der Waals surface area contributed by atoms with Gasteiger partial charge in [0.2, 0.25) is 0 Å². The number of nitrogens with one attached hydrogen (secondary N) is 1. The summed E-state index contributed by atoms with van der Waals surface area (Å²) in [6.45, 7) is 2.40. The van der Waals surface area contributed by atoms with Gasteiger partial charge in [-0.25, -0.2) is 0 Å². The van der Waals surface area contributed by atoms with E-state index >= 15 is 0 Å². The monoisotopic (exact) mass is 286 g/mol. The van der Waals surface area contributed by atoms with E-state index in [1.165, 1.54) is 6.07 Å². The summed E-state index contributed by atoms with van der Waals surface area (Å²) in [7, 11) is 1.64. The lowest BCUT2D eigenvalue weighted by Gasteiger charge is -2.20. The van der Waals surface area contributed by atoms with Crippen molar-refractivity contribution in [2.75, 3.05) is 19.0 Å². The van der Waals surface area contributed by atoms with Gasteiger partial charge in [0.15, 0.2) is 0 Å². The van der Waals surface area contributed by atoms with Crippen LogP contribution in [-0.4, -0.2) is 18.6 Å². The van der Waals surface area contributed by atoms with Gasteiger partial charge in [-0.1, -0.05) is 36.4 Å². The molecule has 1 N–H and O–H groups in total. The van der Waals surface area contributed by atoms with Crippen LogP contribution in [-0.2, 0) is 4.74 Å². The molecule has 0 amide bonds. The van der Waals surface area contributed by atoms with Crippen LogP contribution in [0.3, 0.4) is 0 Å². The molecule has 0 bridgehead atoms.